The Hall–Kier alpha value is -3.91. The zero-order chi connectivity index (χ0) is 22.5. The maximum absolute atomic E-state index is 14.6. The molecule has 0 fully saturated rings. The highest BCUT2D eigenvalue weighted by atomic mass is 32.1. The molecule has 0 unspecified atom stereocenters. The molecule has 0 radical (unpaired) electrons. The van der Waals surface area contributed by atoms with E-state index < -0.39 is 17.6 Å². The molecular formula is C24H19FN2O4S. The van der Waals surface area contributed by atoms with Crippen molar-refractivity contribution in [3.8, 4) is 11.5 Å². The van der Waals surface area contributed by atoms with Crippen LogP contribution >= 0.6 is 11.3 Å². The van der Waals surface area contributed by atoms with E-state index in [0.717, 1.165) is 0 Å². The molecule has 3 aromatic carbocycles. The predicted octanol–water partition coefficient (Wildman–Crippen LogP) is 4.74. The van der Waals surface area contributed by atoms with Crippen molar-refractivity contribution in [1.82, 2.24) is 0 Å². The lowest BCUT2D eigenvalue weighted by Gasteiger charge is -2.10. The Morgan fingerprint density at radius 3 is 2.47 bits per heavy atom. The topological polar surface area (TPSA) is 90.7 Å². The van der Waals surface area contributed by atoms with Crippen LogP contribution < -0.4 is 20.5 Å². The van der Waals surface area contributed by atoms with E-state index in [4.69, 9.17) is 15.2 Å². The van der Waals surface area contributed by atoms with Gasteiger partial charge in [0.05, 0.1) is 0 Å². The van der Waals surface area contributed by atoms with E-state index in [2.05, 4.69) is 5.32 Å². The first-order valence-electron chi connectivity index (χ1n) is 9.71. The summed E-state index contributed by atoms with van der Waals surface area (Å²) in [5.74, 6) is -0.407. The van der Waals surface area contributed by atoms with E-state index in [-0.39, 0.29) is 13.2 Å². The minimum Gasteiger partial charge on any atom is -0.489 e. The van der Waals surface area contributed by atoms with Crippen LogP contribution in [0.4, 0.5) is 10.1 Å². The lowest BCUT2D eigenvalue weighted by Crippen LogP contribution is -2.20. The van der Waals surface area contributed by atoms with Crippen LogP contribution in [0.15, 0.2) is 72.8 Å². The maximum Gasteiger partial charge on any atom is 0.266 e. The monoisotopic (exact) mass is 450 g/mol. The summed E-state index contributed by atoms with van der Waals surface area (Å²) >= 11 is 1.19. The number of para-hydroxylation sites is 1. The highest BCUT2D eigenvalue weighted by molar-refractivity contribution is 7.21. The van der Waals surface area contributed by atoms with Crippen molar-refractivity contribution in [1.29, 1.82) is 0 Å². The van der Waals surface area contributed by atoms with Gasteiger partial charge in [0.2, 0.25) is 0 Å². The largest absolute Gasteiger partial charge is 0.489 e. The van der Waals surface area contributed by atoms with Crippen LogP contribution in [-0.2, 0) is 11.4 Å². The van der Waals surface area contributed by atoms with E-state index in [0.29, 0.717) is 37.7 Å². The average molecular weight is 450 g/mol. The Kier molecular flexibility index (Phi) is 6.32. The van der Waals surface area contributed by atoms with E-state index in [1.165, 1.54) is 17.4 Å². The summed E-state index contributed by atoms with van der Waals surface area (Å²) in [4.78, 5) is 24.4. The molecule has 3 N–H and O–H groups in total. The molecule has 0 saturated carbocycles. The minimum atomic E-state index is -0.602. The molecule has 0 aliphatic rings. The SMILES string of the molecule is NC(=O)COc1cccc(NC(=O)c2sc3cccc(F)c3c2COc2ccccc2)c1. The fourth-order valence-corrected chi connectivity index (χ4v) is 4.28. The number of benzene rings is 3. The quantitative estimate of drug-likeness (QED) is 0.406. The van der Waals surface area contributed by atoms with E-state index in [9.17, 15) is 14.0 Å². The molecule has 162 valence electrons. The van der Waals surface area contributed by atoms with Gasteiger partial charge in [0.15, 0.2) is 6.61 Å². The number of ether oxygens (including phenoxy) is 2. The molecule has 2 amide bonds. The number of fused-ring (bicyclic) bond motifs is 1. The molecule has 0 atom stereocenters. The van der Waals surface area contributed by atoms with Gasteiger partial charge >= 0.3 is 0 Å². The van der Waals surface area contributed by atoms with E-state index in [1.807, 2.05) is 18.2 Å². The fourth-order valence-electron chi connectivity index (χ4n) is 3.17. The van der Waals surface area contributed by atoms with Gasteiger partial charge in [0.25, 0.3) is 11.8 Å². The van der Waals surface area contributed by atoms with Gasteiger partial charge in [0.1, 0.15) is 28.8 Å². The van der Waals surface area contributed by atoms with Gasteiger partial charge in [-0.05, 0) is 36.4 Å². The molecule has 0 aliphatic carbocycles. The number of anilines is 1. The zero-order valence-corrected chi connectivity index (χ0v) is 17.7. The van der Waals surface area contributed by atoms with Gasteiger partial charge in [-0.25, -0.2) is 4.39 Å². The second-order valence-electron chi connectivity index (χ2n) is 6.86. The number of hydrogen-bond acceptors (Lipinski definition) is 5. The van der Waals surface area contributed by atoms with Gasteiger partial charge in [-0.2, -0.15) is 0 Å². The number of amides is 2. The number of carbonyl (C=O) groups is 2. The second-order valence-corrected chi connectivity index (χ2v) is 7.91. The molecule has 8 heteroatoms. The van der Waals surface area contributed by atoms with Crippen LogP contribution in [0.5, 0.6) is 11.5 Å². The minimum absolute atomic E-state index is 0.0372. The molecule has 6 nitrogen and oxygen atoms in total. The number of carbonyl (C=O) groups excluding carboxylic acids is 2. The first-order chi connectivity index (χ1) is 15.5. The lowest BCUT2D eigenvalue weighted by molar-refractivity contribution is -0.119. The normalized spacial score (nSPS) is 10.7. The Labute approximate surface area is 187 Å². The average Bonchev–Trinajstić information content (AvgIpc) is 3.17. The number of primary amides is 1. The number of nitrogens with one attached hydrogen (secondary N) is 1. The maximum atomic E-state index is 14.6. The first kappa shape index (κ1) is 21.3. The summed E-state index contributed by atoms with van der Waals surface area (Å²) in [6, 6.07) is 20.5. The second kappa shape index (κ2) is 9.49. The van der Waals surface area contributed by atoms with E-state index >= 15 is 0 Å². The van der Waals surface area contributed by atoms with Crippen LogP contribution in [0.1, 0.15) is 15.2 Å². The van der Waals surface area contributed by atoms with Gasteiger partial charge in [-0.3, -0.25) is 9.59 Å². The number of thiophene rings is 1. The Morgan fingerprint density at radius 1 is 0.938 bits per heavy atom. The Bertz CT molecular complexity index is 1270. The molecule has 4 aromatic rings. The molecule has 1 aromatic heterocycles. The number of rotatable bonds is 8. The van der Waals surface area contributed by atoms with Crippen LogP contribution in [0.2, 0.25) is 0 Å². The van der Waals surface area contributed by atoms with Gasteiger partial charge in [-0.1, -0.05) is 30.3 Å². The Morgan fingerprint density at radius 2 is 1.69 bits per heavy atom. The van der Waals surface area contributed by atoms with Gasteiger partial charge in [0, 0.05) is 27.4 Å². The van der Waals surface area contributed by atoms with Crippen molar-refractivity contribution >= 4 is 38.9 Å². The lowest BCUT2D eigenvalue weighted by atomic mass is 10.1. The summed E-state index contributed by atoms with van der Waals surface area (Å²) in [5, 5.41) is 3.17. The number of halogens is 1. The summed E-state index contributed by atoms with van der Waals surface area (Å²) in [6.45, 7) is -0.233. The summed E-state index contributed by atoms with van der Waals surface area (Å²) < 4.78 is 26.4. The third-order valence-electron chi connectivity index (χ3n) is 4.57. The fraction of sp³-hybridized carbons (Fsp3) is 0.0833. The van der Waals surface area contributed by atoms with Crippen LogP contribution in [-0.4, -0.2) is 18.4 Å². The van der Waals surface area contributed by atoms with Crippen molar-refractivity contribution in [2.45, 2.75) is 6.61 Å². The molecule has 4 rings (SSSR count). The molecule has 1 heterocycles. The standard InChI is InChI=1S/C24H19FN2O4S/c25-19-10-5-11-20-22(19)18(13-30-16-7-2-1-3-8-16)23(32-20)24(29)27-15-6-4-9-17(12-15)31-14-21(26)28/h1-12H,13-14H2,(H2,26,28)(H,27,29). The molecule has 0 saturated heterocycles. The van der Waals surface area contributed by atoms with Gasteiger partial charge in [-0.15, -0.1) is 11.3 Å². The van der Waals surface area contributed by atoms with Crippen molar-refractivity contribution < 1.29 is 23.5 Å². The predicted molar refractivity (Wildman–Crippen MR) is 122 cm³/mol. The van der Waals surface area contributed by atoms with Crippen molar-refractivity contribution in [3.63, 3.8) is 0 Å². The molecular weight excluding hydrogens is 431 g/mol. The summed E-state index contributed by atoms with van der Waals surface area (Å²) in [6.07, 6.45) is 0. The van der Waals surface area contributed by atoms with Crippen molar-refractivity contribution in [2.75, 3.05) is 11.9 Å². The highest BCUT2D eigenvalue weighted by Gasteiger charge is 2.21. The van der Waals surface area contributed by atoms with Crippen molar-refractivity contribution in [3.05, 3.63) is 89.1 Å². The third kappa shape index (κ3) is 4.87. The summed E-state index contributed by atoms with van der Waals surface area (Å²) in [5.41, 5.74) is 6.04. The first-order valence-corrected chi connectivity index (χ1v) is 10.5. The smallest absolute Gasteiger partial charge is 0.266 e. The molecule has 0 bridgehead atoms. The molecule has 0 spiro atoms. The number of nitrogens with two attached hydrogens (primary N) is 1. The molecule has 0 aliphatic heterocycles. The van der Waals surface area contributed by atoms with Gasteiger partial charge < -0.3 is 20.5 Å². The zero-order valence-electron chi connectivity index (χ0n) is 16.8. The van der Waals surface area contributed by atoms with Crippen LogP contribution in [0, 0.1) is 5.82 Å². The molecule has 32 heavy (non-hydrogen) atoms. The van der Waals surface area contributed by atoms with Crippen LogP contribution in [0.25, 0.3) is 10.1 Å². The highest BCUT2D eigenvalue weighted by Crippen LogP contribution is 2.35. The van der Waals surface area contributed by atoms with E-state index in [1.54, 1.807) is 48.5 Å². The summed E-state index contributed by atoms with van der Waals surface area (Å²) in [7, 11) is 0. The Balaban J connectivity index is 1.61. The van der Waals surface area contributed by atoms with Crippen molar-refractivity contribution in [2.24, 2.45) is 5.73 Å². The third-order valence-corrected chi connectivity index (χ3v) is 5.76. The number of hydrogen-bond donors (Lipinski definition) is 2. The van der Waals surface area contributed by atoms with Crippen LogP contribution in [0.3, 0.4) is 0 Å².